The number of aliphatic hydroxyl groups is 1. The molecule has 1 aromatic heterocycles. The maximum absolute atomic E-state index is 13.3. The zero-order valence-electron chi connectivity index (χ0n) is 15.7. The van der Waals surface area contributed by atoms with Gasteiger partial charge in [0.2, 0.25) is 0 Å². The number of Topliss-reactive ketones (excluding diaryl/α,β-unsaturated/α-hetero) is 1. The lowest BCUT2D eigenvalue weighted by Crippen LogP contribution is -2.42. The van der Waals surface area contributed by atoms with E-state index < -0.39 is 23.5 Å². The number of amides is 1. The molecular formula is C21H21FN2O4S. The van der Waals surface area contributed by atoms with E-state index in [4.69, 9.17) is 4.74 Å². The van der Waals surface area contributed by atoms with Crippen LogP contribution in [0.1, 0.15) is 16.5 Å². The molecule has 2 aliphatic rings. The fraction of sp³-hybridized carbons (Fsp3) is 0.333. The summed E-state index contributed by atoms with van der Waals surface area (Å²) in [5, 5.41) is 12.7. The molecular weight excluding hydrogens is 395 g/mol. The summed E-state index contributed by atoms with van der Waals surface area (Å²) in [5.41, 5.74) is 0.352. The van der Waals surface area contributed by atoms with Crippen molar-refractivity contribution in [3.63, 3.8) is 0 Å². The average Bonchev–Trinajstić information content (AvgIpc) is 3.35. The third-order valence-corrected chi connectivity index (χ3v) is 6.16. The number of hydrogen-bond acceptors (Lipinski definition) is 6. The van der Waals surface area contributed by atoms with Crippen molar-refractivity contribution in [1.29, 1.82) is 0 Å². The number of carbonyl (C=O) groups excluding carboxylic acids is 2. The molecule has 1 aromatic carbocycles. The van der Waals surface area contributed by atoms with Crippen LogP contribution in [0.2, 0.25) is 0 Å². The van der Waals surface area contributed by atoms with Gasteiger partial charge >= 0.3 is 0 Å². The number of likely N-dealkylation sites (tertiary alicyclic amines) is 1. The Morgan fingerprint density at radius 1 is 1.14 bits per heavy atom. The summed E-state index contributed by atoms with van der Waals surface area (Å²) in [6.45, 7) is 3.85. The van der Waals surface area contributed by atoms with Gasteiger partial charge in [0.05, 0.1) is 24.8 Å². The van der Waals surface area contributed by atoms with Gasteiger partial charge < -0.3 is 14.7 Å². The first kappa shape index (κ1) is 19.8. The molecule has 2 aliphatic heterocycles. The number of carbonyl (C=O) groups is 2. The van der Waals surface area contributed by atoms with Gasteiger partial charge in [-0.2, -0.15) is 0 Å². The van der Waals surface area contributed by atoms with E-state index in [2.05, 4.69) is 4.90 Å². The number of ketones is 1. The van der Waals surface area contributed by atoms with Crippen molar-refractivity contribution in [2.45, 2.75) is 6.04 Å². The van der Waals surface area contributed by atoms with Crippen molar-refractivity contribution < 1.29 is 23.8 Å². The van der Waals surface area contributed by atoms with E-state index in [0.29, 0.717) is 31.9 Å². The van der Waals surface area contributed by atoms with Crippen LogP contribution >= 0.6 is 11.3 Å². The first-order valence-corrected chi connectivity index (χ1v) is 10.3. The molecule has 0 aliphatic carbocycles. The van der Waals surface area contributed by atoms with E-state index in [1.165, 1.54) is 40.5 Å². The molecule has 0 unspecified atom stereocenters. The maximum Gasteiger partial charge on any atom is 0.295 e. The largest absolute Gasteiger partial charge is 0.507 e. The van der Waals surface area contributed by atoms with Crippen molar-refractivity contribution in [3.8, 4) is 0 Å². The lowest BCUT2D eigenvalue weighted by molar-refractivity contribution is -0.140. The van der Waals surface area contributed by atoms with Gasteiger partial charge in [0.15, 0.2) is 0 Å². The van der Waals surface area contributed by atoms with Crippen LogP contribution in [0.4, 0.5) is 4.39 Å². The van der Waals surface area contributed by atoms with Crippen LogP contribution in [0, 0.1) is 5.82 Å². The summed E-state index contributed by atoms with van der Waals surface area (Å²) in [7, 11) is 0. The van der Waals surface area contributed by atoms with Crippen molar-refractivity contribution in [1.82, 2.24) is 9.80 Å². The van der Waals surface area contributed by atoms with Gasteiger partial charge in [0.1, 0.15) is 11.6 Å². The molecule has 4 rings (SSSR count). The molecule has 0 saturated carbocycles. The Morgan fingerprint density at radius 3 is 2.52 bits per heavy atom. The van der Waals surface area contributed by atoms with Crippen molar-refractivity contribution in [2.24, 2.45) is 0 Å². The number of aliphatic hydroxyl groups excluding tert-OH is 1. The van der Waals surface area contributed by atoms with E-state index in [1.807, 2.05) is 17.5 Å². The highest BCUT2D eigenvalue weighted by Gasteiger charge is 2.46. The molecule has 2 aromatic rings. The highest BCUT2D eigenvalue weighted by atomic mass is 32.1. The Hall–Kier alpha value is -2.55. The number of hydrogen-bond donors (Lipinski definition) is 1. The molecule has 152 valence electrons. The van der Waals surface area contributed by atoms with Crippen molar-refractivity contribution >= 4 is 28.8 Å². The molecule has 1 N–H and O–H groups in total. The third-order valence-electron chi connectivity index (χ3n) is 5.23. The van der Waals surface area contributed by atoms with Crippen LogP contribution in [-0.2, 0) is 14.3 Å². The molecule has 1 atom stereocenters. The summed E-state index contributed by atoms with van der Waals surface area (Å²) in [6, 6.07) is 8.27. The average molecular weight is 416 g/mol. The Bertz CT molecular complexity index is 921. The monoisotopic (exact) mass is 416 g/mol. The second-order valence-corrected chi connectivity index (χ2v) is 7.95. The summed E-state index contributed by atoms with van der Waals surface area (Å²) in [5.74, 6) is -2.06. The van der Waals surface area contributed by atoms with Crippen LogP contribution in [0.25, 0.3) is 5.76 Å². The SMILES string of the molecule is O=C1C(=O)N(CCN2CCOCC2)[C@@H](c2cccs2)/C1=C(\O)c1ccc(F)cc1. The predicted octanol–water partition coefficient (Wildman–Crippen LogP) is 2.64. The van der Waals surface area contributed by atoms with E-state index in [0.717, 1.165) is 18.0 Å². The summed E-state index contributed by atoms with van der Waals surface area (Å²) < 4.78 is 18.6. The highest BCUT2D eigenvalue weighted by Crippen LogP contribution is 2.40. The van der Waals surface area contributed by atoms with Crippen molar-refractivity contribution in [3.05, 3.63) is 63.6 Å². The molecule has 2 fully saturated rings. The molecule has 2 saturated heterocycles. The van der Waals surface area contributed by atoms with Gasteiger partial charge in [-0.3, -0.25) is 14.5 Å². The second kappa shape index (κ2) is 8.44. The lowest BCUT2D eigenvalue weighted by atomic mass is 10.00. The number of nitrogens with zero attached hydrogens (tertiary/aromatic N) is 2. The Labute approximate surface area is 171 Å². The molecule has 0 spiro atoms. The van der Waals surface area contributed by atoms with Crippen LogP contribution < -0.4 is 0 Å². The number of ether oxygens (including phenoxy) is 1. The van der Waals surface area contributed by atoms with E-state index in [9.17, 15) is 19.1 Å². The zero-order valence-corrected chi connectivity index (χ0v) is 16.5. The van der Waals surface area contributed by atoms with E-state index in [1.54, 1.807) is 0 Å². The number of benzene rings is 1. The second-order valence-electron chi connectivity index (χ2n) is 6.97. The fourth-order valence-electron chi connectivity index (χ4n) is 3.69. The van der Waals surface area contributed by atoms with Crippen LogP contribution in [-0.4, -0.2) is 66.0 Å². The molecule has 6 nitrogen and oxygen atoms in total. The molecule has 0 radical (unpaired) electrons. The van der Waals surface area contributed by atoms with Gasteiger partial charge in [-0.05, 0) is 35.7 Å². The molecule has 0 bridgehead atoms. The number of halogens is 1. The minimum absolute atomic E-state index is 0.0473. The normalized spacial score (nSPS) is 22.4. The summed E-state index contributed by atoms with van der Waals surface area (Å²) >= 11 is 1.42. The van der Waals surface area contributed by atoms with Gasteiger partial charge in [-0.25, -0.2) is 4.39 Å². The Morgan fingerprint density at radius 2 is 1.86 bits per heavy atom. The first-order chi connectivity index (χ1) is 14.1. The number of morpholine rings is 1. The van der Waals surface area contributed by atoms with Gasteiger partial charge in [0, 0.05) is 36.6 Å². The Balaban J connectivity index is 1.68. The quantitative estimate of drug-likeness (QED) is 0.461. The topological polar surface area (TPSA) is 70.1 Å². The first-order valence-electron chi connectivity index (χ1n) is 9.44. The Kier molecular flexibility index (Phi) is 5.75. The fourth-order valence-corrected chi connectivity index (χ4v) is 4.54. The standard InChI is InChI=1S/C21H21FN2O4S/c22-15-5-3-14(4-6-15)19(25)17-18(16-2-1-13-29-16)24(21(27)20(17)26)8-7-23-9-11-28-12-10-23/h1-6,13,18,25H,7-12H2/b19-17+/t18-/m0/s1. The molecule has 8 heteroatoms. The highest BCUT2D eigenvalue weighted by molar-refractivity contribution is 7.10. The molecule has 1 amide bonds. The number of thiophene rings is 1. The van der Waals surface area contributed by atoms with Crippen LogP contribution in [0.5, 0.6) is 0 Å². The number of rotatable bonds is 5. The summed E-state index contributed by atoms with van der Waals surface area (Å²) in [6.07, 6.45) is 0. The smallest absolute Gasteiger partial charge is 0.295 e. The van der Waals surface area contributed by atoms with E-state index >= 15 is 0 Å². The van der Waals surface area contributed by atoms with E-state index in [-0.39, 0.29) is 11.3 Å². The maximum atomic E-state index is 13.3. The zero-order chi connectivity index (χ0) is 20.4. The van der Waals surface area contributed by atoms with Gasteiger partial charge in [0.25, 0.3) is 11.7 Å². The van der Waals surface area contributed by atoms with Crippen molar-refractivity contribution in [2.75, 3.05) is 39.4 Å². The van der Waals surface area contributed by atoms with Gasteiger partial charge in [-0.15, -0.1) is 11.3 Å². The van der Waals surface area contributed by atoms with Gasteiger partial charge in [-0.1, -0.05) is 6.07 Å². The molecule has 29 heavy (non-hydrogen) atoms. The van der Waals surface area contributed by atoms with Crippen LogP contribution in [0.3, 0.4) is 0 Å². The minimum Gasteiger partial charge on any atom is -0.507 e. The minimum atomic E-state index is -0.716. The lowest BCUT2D eigenvalue weighted by Gasteiger charge is -2.30. The third kappa shape index (κ3) is 3.96. The summed E-state index contributed by atoms with van der Waals surface area (Å²) in [4.78, 5) is 30.2. The molecule has 3 heterocycles. The van der Waals surface area contributed by atoms with Crippen LogP contribution in [0.15, 0.2) is 47.4 Å². The predicted molar refractivity (Wildman–Crippen MR) is 107 cm³/mol.